The van der Waals surface area contributed by atoms with Gasteiger partial charge in [-0.05, 0) is 63.1 Å². The molecule has 1 saturated carbocycles. The number of carbonyl (C=O) groups is 1. The largest absolute Gasteiger partial charge is 0.465 e. The summed E-state index contributed by atoms with van der Waals surface area (Å²) in [5.41, 5.74) is 3.11. The van der Waals surface area contributed by atoms with Crippen molar-refractivity contribution in [3.05, 3.63) is 52.7 Å². The van der Waals surface area contributed by atoms with Crippen molar-refractivity contribution in [2.24, 2.45) is 0 Å². The maximum atomic E-state index is 11.9. The molecule has 1 aromatic heterocycles. The summed E-state index contributed by atoms with van der Waals surface area (Å²) >= 11 is 6.71. The Bertz CT molecular complexity index is 1620. The van der Waals surface area contributed by atoms with Gasteiger partial charge < -0.3 is 24.5 Å². The number of nitriles is 1. The number of nitrogens with zero attached hydrogens (tertiary/aromatic N) is 7. The first-order valence-corrected chi connectivity index (χ1v) is 16.1. The summed E-state index contributed by atoms with van der Waals surface area (Å²) in [5.74, 6) is 0.799. The van der Waals surface area contributed by atoms with Gasteiger partial charge in [0.1, 0.15) is 12.4 Å². The molecule has 0 radical (unpaired) electrons. The molecule has 1 aliphatic carbocycles. The monoisotopic (exact) mass is 615 g/mol. The lowest BCUT2D eigenvalue weighted by Gasteiger charge is -2.41. The molecule has 1 amide bonds. The first-order valence-electron chi connectivity index (χ1n) is 15.7. The lowest BCUT2D eigenvalue weighted by Crippen LogP contribution is -2.55. The Morgan fingerprint density at radius 1 is 1.14 bits per heavy atom. The molecule has 2 atom stereocenters. The van der Waals surface area contributed by atoms with Crippen LogP contribution >= 0.6 is 11.6 Å². The third-order valence-electron chi connectivity index (χ3n) is 10.0. The highest BCUT2D eigenvalue weighted by Gasteiger charge is 2.51. The number of hydrogen-bond acceptors (Lipinski definition) is 8. The molecule has 3 aromatic rings. The lowest BCUT2D eigenvalue weighted by atomic mass is 10.0. The number of hydrogen-bond donors (Lipinski definition) is 1. The Hall–Kier alpha value is -3.81. The van der Waals surface area contributed by atoms with E-state index in [0.717, 1.165) is 70.9 Å². The van der Waals surface area contributed by atoms with Crippen molar-refractivity contribution >= 4 is 40.0 Å². The van der Waals surface area contributed by atoms with Crippen LogP contribution in [0.5, 0.6) is 6.01 Å². The van der Waals surface area contributed by atoms with Gasteiger partial charge in [-0.2, -0.15) is 15.2 Å². The minimum Gasteiger partial charge on any atom is -0.465 e. The fourth-order valence-electron chi connectivity index (χ4n) is 7.54. The van der Waals surface area contributed by atoms with Crippen LogP contribution in [0.15, 0.2) is 36.4 Å². The average Bonchev–Trinajstić information content (AvgIpc) is 3.69. The number of halogens is 1. The van der Waals surface area contributed by atoms with E-state index in [4.69, 9.17) is 26.3 Å². The molecular formula is C33H38ClN7O3. The summed E-state index contributed by atoms with van der Waals surface area (Å²) < 4.78 is 6.47. The van der Waals surface area contributed by atoms with Gasteiger partial charge in [-0.15, -0.1) is 0 Å². The van der Waals surface area contributed by atoms with Crippen molar-refractivity contribution in [3.8, 4) is 12.1 Å². The second-order valence-corrected chi connectivity index (χ2v) is 13.1. The molecule has 11 heteroatoms. The van der Waals surface area contributed by atoms with E-state index in [1.165, 1.54) is 17.7 Å². The van der Waals surface area contributed by atoms with E-state index < -0.39 is 12.1 Å². The molecule has 0 spiro atoms. The predicted molar refractivity (Wildman–Crippen MR) is 170 cm³/mol. The van der Waals surface area contributed by atoms with Crippen molar-refractivity contribution in [2.45, 2.75) is 69.6 Å². The zero-order valence-corrected chi connectivity index (χ0v) is 25.8. The summed E-state index contributed by atoms with van der Waals surface area (Å²) in [6.45, 7) is 6.53. The molecule has 2 unspecified atom stereocenters. The summed E-state index contributed by atoms with van der Waals surface area (Å²) in [6, 6.07) is 14.9. The normalized spacial score (nSPS) is 23.0. The van der Waals surface area contributed by atoms with E-state index in [0.29, 0.717) is 44.8 Å². The van der Waals surface area contributed by atoms with Crippen molar-refractivity contribution in [1.29, 1.82) is 5.26 Å². The van der Waals surface area contributed by atoms with E-state index in [1.54, 1.807) is 0 Å². The van der Waals surface area contributed by atoms with Gasteiger partial charge in [0.25, 0.3) is 0 Å². The second-order valence-electron chi connectivity index (χ2n) is 12.7. The number of piperazine rings is 1. The Morgan fingerprint density at radius 2 is 1.95 bits per heavy atom. The molecule has 0 bridgehead atoms. The van der Waals surface area contributed by atoms with E-state index in [9.17, 15) is 15.2 Å². The minimum atomic E-state index is -0.992. The fraction of sp³-hybridized carbons (Fsp3) is 0.515. The molecule has 230 valence electrons. The predicted octanol–water partition coefficient (Wildman–Crippen LogP) is 5.32. The molecule has 2 saturated heterocycles. The number of benzene rings is 2. The van der Waals surface area contributed by atoms with Crippen LogP contribution in [0.4, 0.5) is 16.3 Å². The molecule has 4 aliphatic rings. The lowest BCUT2D eigenvalue weighted by molar-refractivity contribution is 0.106. The standard InChI is InChI=1S/C33H38ClN7O3/c1-22-5-4-15-41(22)33(12-13-33)21-44-31-36-27-20-38(28-9-3-7-23-6-2-8-26(34)29(23)28)16-11-25(27)30(37-31)39-17-18-40(32(42)43)24(19-39)10-14-35/h2-3,6-9,22,24H,4-5,10-13,15-21H2,1H3,(H,42,43). The molecule has 3 fully saturated rings. The molecule has 4 heterocycles. The molecular weight excluding hydrogens is 578 g/mol. The van der Waals surface area contributed by atoms with Crippen LogP contribution < -0.4 is 14.5 Å². The van der Waals surface area contributed by atoms with Crippen LogP contribution in [0.25, 0.3) is 10.8 Å². The molecule has 2 aromatic carbocycles. The molecule has 44 heavy (non-hydrogen) atoms. The maximum absolute atomic E-state index is 11.9. The van der Waals surface area contributed by atoms with Crippen LogP contribution in [0, 0.1) is 11.3 Å². The zero-order chi connectivity index (χ0) is 30.4. The van der Waals surface area contributed by atoms with Crippen LogP contribution in [-0.2, 0) is 13.0 Å². The number of ether oxygens (including phenoxy) is 1. The third kappa shape index (κ3) is 5.26. The quantitative estimate of drug-likeness (QED) is 0.377. The number of aromatic nitrogens is 2. The minimum absolute atomic E-state index is 0.0616. The SMILES string of the molecule is CC1CCCN1C1(COc2nc3c(c(N4CCN(C(=O)O)C(CC#N)C4)n2)CCN(c2cccc4cccc(Cl)c24)C3)CC1. The van der Waals surface area contributed by atoms with E-state index >= 15 is 0 Å². The molecule has 3 aliphatic heterocycles. The molecule has 1 N–H and O–H groups in total. The number of likely N-dealkylation sites (tertiary alicyclic amines) is 1. The Morgan fingerprint density at radius 3 is 2.68 bits per heavy atom. The van der Waals surface area contributed by atoms with Gasteiger partial charge in [0.05, 0.1) is 41.3 Å². The van der Waals surface area contributed by atoms with Gasteiger partial charge in [0.2, 0.25) is 0 Å². The van der Waals surface area contributed by atoms with Crippen molar-refractivity contribution < 1.29 is 14.6 Å². The third-order valence-corrected chi connectivity index (χ3v) is 10.3. The molecule has 10 nitrogen and oxygen atoms in total. The van der Waals surface area contributed by atoms with E-state index in [2.05, 4.69) is 52.0 Å². The van der Waals surface area contributed by atoms with Gasteiger partial charge in [0.15, 0.2) is 0 Å². The first-order chi connectivity index (χ1) is 21.4. The summed E-state index contributed by atoms with van der Waals surface area (Å²) in [6.07, 6.45) is 4.56. The van der Waals surface area contributed by atoms with E-state index in [-0.39, 0.29) is 12.0 Å². The van der Waals surface area contributed by atoms with Gasteiger partial charge in [-0.3, -0.25) is 4.90 Å². The van der Waals surface area contributed by atoms with Crippen LogP contribution in [-0.4, -0.2) is 87.9 Å². The summed E-state index contributed by atoms with van der Waals surface area (Å²) in [7, 11) is 0. The fourth-order valence-corrected chi connectivity index (χ4v) is 7.81. The summed E-state index contributed by atoms with van der Waals surface area (Å²) in [4.78, 5) is 30.4. The van der Waals surface area contributed by atoms with E-state index in [1.807, 2.05) is 12.1 Å². The van der Waals surface area contributed by atoms with Crippen molar-refractivity contribution in [1.82, 2.24) is 19.8 Å². The number of rotatable bonds is 7. The number of carboxylic acid groups (broad SMARTS) is 1. The second kappa shape index (κ2) is 11.6. The van der Waals surface area contributed by atoms with Crippen LogP contribution in [0.1, 0.15) is 50.3 Å². The Labute approximate surface area is 262 Å². The Balaban J connectivity index is 1.22. The molecule has 7 rings (SSSR count). The van der Waals surface area contributed by atoms with Gasteiger partial charge in [-0.25, -0.2) is 4.79 Å². The smallest absolute Gasteiger partial charge is 0.407 e. The van der Waals surface area contributed by atoms with Crippen LogP contribution in [0.2, 0.25) is 5.02 Å². The highest BCUT2D eigenvalue weighted by Crippen LogP contribution is 2.46. The van der Waals surface area contributed by atoms with Crippen molar-refractivity contribution in [3.63, 3.8) is 0 Å². The van der Waals surface area contributed by atoms with Gasteiger partial charge >= 0.3 is 12.1 Å². The number of amides is 1. The van der Waals surface area contributed by atoms with Crippen molar-refractivity contribution in [2.75, 3.05) is 49.1 Å². The number of anilines is 2. The van der Waals surface area contributed by atoms with Gasteiger partial charge in [0, 0.05) is 48.9 Å². The van der Waals surface area contributed by atoms with Crippen LogP contribution in [0.3, 0.4) is 0 Å². The highest BCUT2D eigenvalue weighted by atomic mass is 35.5. The maximum Gasteiger partial charge on any atom is 0.407 e. The van der Waals surface area contributed by atoms with Gasteiger partial charge in [-0.1, -0.05) is 35.9 Å². The Kier molecular flexibility index (Phi) is 7.63. The number of fused-ring (bicyclic) bond motifs is 2. The first kappa shape index (κ1) is 28.9. The topological polar surface area (TPSA) is 109 Å². The average molecular weight is 616 g/mol. The summed E-state index contributed by atoms with van der Waals surface area (Å²) in [5, 5.41) is 22.1. The highest BCUT2D eigenvalue weighted by molar-refractivity contribution is 6.36. The zero-order valence-electron chi connectivity index (χ0n) is 25.1.